The second kappa shape index (κ2) is 35.7. The van der Waals surface area contributed by atoms with Crippen LogP contribution in [-0.4, -0.2) is 172 Å². The van der Waals surface area contributed by atoms with Gasteiger partial charge < -0.3 is 64.4 Å². The molecule has 4 aliphatic heterocycles. The van der Waals surface area contributed by atoms with Crippen LogP contribution in [0.1, 0.15) is 118 Å². The van der Waals surface area contributed by atoms with E-state index in [-0.39, 0.29) is 31.7 Å². The Hall–Kier alpha value is -6.45. The summed E-state index contributed by atoms with van der Waals surface area (Å²) in [6.07, 6.45) is 12.5. The van der Waals surface area contributed by atoms with Crippen molar-refractivity contribution in [3.8, 4) is 45.5 Å². The van der Waals surface area contributed by atoms with E-state index in [1.807, 2.05) is 59.3 Å². The Morgan fingerprint density at radius 3 is 1.40 bits per heavy atom. The van der Waals surface area contributed by atoms with E-state index in [9.17, 15) is 9.59 Å². The van der Waals surface area contributed by atoms with Gasteiger partial charge in [-0.25, -0.2) is 19.3 Å². The van der Waals surface area contributed by atoms with E-state index in [2.05, 4.69) is 86.0 Å². The van der Waals surface area contributed by atoms with Crippen LogP contribution in [0.4, 0.5) is 17.2 Å². The minimum Gasteiger partial charge on any atom is -0.495 e. The lowest BCUT2D eigenvalue weighted by Gasteiger charge is -2.34. The highest BCUT2D eigenvalue weighted by Gasteiger charge is 2.29. The largest absolute Gasteiger partial charge is 0.495 e. The van der Waals surface area contributed by atoms with Gasteiger partial charge in [0.05, 0.1) is 70.7 Å². The average Bonchev–Trinajstić information content (AvgIpc) is 1.50. The van der Waals surface area contributed by atoms with E-state index >= 15 is 0 Å². The number of carbonyl (C=O) groups excluding carboxylic acids is 2. The number of carbonyl (C=O) groups is 2. The molecule has 8 heterocycles. The number of hydrogen-bond acceptors (Lipinski definition) is 17. The molecule has 5 fully saturated rings. The lowest BCUT2D eigenvalue weighted by atomic mass is 9.83. The molecule has 4 unspecified atom stereocenters. The van der Waals surface area contributed by atoms with Crippen LogP contribution in [0.25, 0.3) is 44.6 Å². The van der Waals surface area contributed by atoms with Crippen molar-refractivity contribution >= 4 is 120 Å². The molecular weight excluding hydrogens is 1440 g/mol. The normalized spacial score (nSPS) is 19.0. The number of ether oxygens (including phenoxy) is 6. The SMILES string of the molecule is C.CCC1CCCCC1NC.CN1CCN(c2ccc(C(N)=O)cc2)CC1.COc1cc(OC)c(Cl)c(-c2ccc3c(I)nn(C4CCCCO4)c3n2)c1Cl.COc1cc(OC)c(Cl)c(-c2ccc3c(NC(=O)c4ccc(N5CCN(C)CC5)cc4)nn(C4CCCCO4)c3n2)c1Cl. The Kier molecular flexibility index (Phi) is 27.6. The van der Waals surface area contributed by atoms with E-state index in [4.69, 9.17) is 95.6 Å². The van der Waals surface area contributed by atoms with Crippen LogP contribution >= 0.6 is 69.0 Å². The first kappa shape index (κ1) is 75.7. The third kappa shape index (κ3) is 17.8. The third-order valence-electron chi connectivity index (χ3n) is 18.6. The van der Waals surface area contributed by atoms with E-state index in [0.29, 0.717) is 100 Å². The maximum atomic E-state index is 13.4. The highest BCUT2D eigenvalue weighted by atomic mass is 127. The number of benzene rings is 4. The van der Waals surface area contributed by atoms with Crippen LogP contribution < -0.4 is 45.1 Å². The number of primary amides is 1. The Bertz CT molecular complexity index is 3900. The molecule has 0 radical (unpaired) electrons. The number of pyridine rings is 2. The van der Waals surface area contributed by atoms with Crippen LogP contribution in [-0.2, 0) is 9.47 Å². The number of rotatable bonds is 15. The molecule has 8 aromatic rings. The smallest absolute Gasteiger partial charge is 0.256 e. The van der Waals surface area contributed by atoms with Crippen molar-refractivity contribution in [1.82, 2.24) is 44.6 Å². The van der Waals surface area contributed by atoms with Crippen molar-refractivity contribution in [1.29, 1.82) is 0 Å². The summed E-state index contributed by atoms with van der Waals surface area (Å²) in [5.74, 6) is 2.50. The summed E-state index contributed by atoms with van der Waals surface area (Å²) >= 11 is 28.8. The topological polar surface area (TPSA) is 214 Å². The molecule has 2 amide bonds. The van der Waals surface area contributed by atoms with Crippen LogP contribution in [0.15, 0.2) is 84.9 Å². The number of hydrogen-bond donors (Lipinski definition) is 3. The van der Waals surface area contributed by atoms with Crippen molar-refractivity contribution in [3.63, 3.8) is 0 Å². The summed E-state index contributed by atoms with van der Waals surface area (Å²) in [5, 5.41) is 18.9. The number of likely N-dealkylation sites (N-methyl/N-ethyl adjacent to an activating group) is 2. The van der Waals surface area contributed by atoms with E-state index in [0.717, 1.165) is 136 Å². The van der Waals surface area contributed by atoms with Crippen LogP contribution in [0, 0.1) is 9.62 Å². The lowest BCUT2D eigenvalue weighted by molar-refractivity contribution is -0.0372. The molecule has 13 rings (SSSR count). The summed E-state index contributed by atoms with van der Waals surface area (Å²) < 4.78 is 38.1. The zero-order valence-corrected chi connectivity index (χ0v) is 61.6. The number of fused-ring (bicyclic) bond motifs is 2. The number of nitrogens with one attached hydrogen (secondary N) is 2. The molecule has 4 saturated heterocycles. The first-order chi connectivity index (χ1) is 47.0. The number of nitrogens with two attached hydrogens (primary N) is 1. The molecule has 4 aromatic carbocycles. The summed E-state index contributed by atoms with van der Waals surface area (Å²) in [7, 11) is 12.5. The Morgan fingerprint density at radius 1 is 0.571 bits per heavy atom. The van der Waals surface area contributed by atoms with Gasteiger partial charge in [0.15, 0.2) is 29.6 Å². The maximum absolute atomic E-state index is 13.4. The predicted octanol–water partition coefficient (Wildman–Crippen LogP) is 15.2. The molecule has 4 N–H and O–H groups in total. The minimum absolute atomic E-state index is 0. The van der Waals surface area contributed by atoms with Crippen molar-refractivity contribution in [2.75, 3.05) is 130 Å². The number of halogens is 5. The summed E-state index contributed by atoms with van der Waals surface area (Å²) in [5.41, 5.74) is 12.0. The molecule has 21 nitrogen and oxygen atoms in total. The first-order valence-corrected chi connectivity index (χ1v) is 35.8. The Morgan fingerprint density at radius 2 is 0.990 bits per heavy atom. The molecule has 5 aliphatic rings. The van der Waals surface area contributed by atoms with Crippen molar-refractivity contribution in [3.05, 3.63) is 120 Å². The van der Waals surface area contributed by atoms with Crippen molar-refractivity contribution in [2.45, 2.75) is 103 Å². The second-order valence-electron chi connectivity index (χ2n) is 24.7. The van der Waals surface area contributed by atoms with Crippen LogP contribution in [0.2, 0.25) is 20.1 Å². The number of piperazine rings is 2. The van der Waals surface area contributed by atoms with Gasteiger partial charge in [-0.2, -0.15) is 5.10 Å². The summed E-state index contributed by atoms with van der Waals surface area (Å²) in [6, 6.07) is 26.8. The molecule has 98 heavy (non-hydrogen) atoms. The number of aromatic nitrogens is 6. The average molecular weight is 1540 g/mol. The van der Waals surface area contributed by atoms with Gasteiger partial charge in [0, 0.05) is 117 Å². The lowest BCUT2D eigenvalue weighted by Crippen LogP contribution is -2.44. The van der Waals surface area contributed by atoms with Gasteiger partial charge in [-0.05, 0) is 174 Å². The predicted molar refractivity (Wildman–Crippen MR) is 403 cm³/mol. The summed E-state index contributed by atoms with van der Waals surface area (Å²) in [6.45, 7) is 11.8. The second-order valence-corrected chi connectivity index (χ2v) is 27.2. The minimum atomic E-state index is -0.370. The van der Waals surface area contributed by atoms with Gasteiger partial charge in [-0.1, -0.05) is 80.0 Å². The zero-order valence-electron chi connectivity index (χ0n) is 56.4. The van der Waals surface area contributed by atoms with Gasteiger partial charge in [0.25, 0.3) is 5.91 Å². The van der Waals surface area contributed by atoms with Gasteiger partial charge in [0.2, 0.25) is 5.91 Å². The number of anilines is 3. The molecular formula is C72H92Cl4IN13O8. The van der Waals surface area contributed by atoms with Crippen LogP contribution in [0.3, 0.4) is 0 Å². The molecule has 528 valence electrons. The van der Waals surface area contributed by atoms with Crippen LogP contribution in [0.5, 0.6) is 23.0 Å². The maximum Gasteiger partial charge on any atom is 0.256 e. The molecule has 26 heteroatoms. The molecule has 0 bridgehead atoms. The first-order valence-electron chi connectivity index (χ1n) is 33.2. The molecule has 0 spiro atoms. The zero-order chi connectivity index (χ0) is 68.9. The molecule has 4 atom stereocenters. The van der Waals surface area contributed by atoms with Gasteiger partial charge in [-0.3, -0.25) is 9.59 Å². The fourth-order valence-corrected chi connectivity index (χ4v) is 14.9. The number of methoxy groups -OCH3 is 4. The van der Waals surface area contributed by atoms with Crippen molar-refractivity contribution in [2.24, 2.45) is 11.7 Å². The van der Waals surface area contributed by atoms with E-state index < -0.39 is 0 Å². The van der Waals surface area contributed by atoms with Gasteiger partial charge in [0.1, 0.15) is 26.7 Å². The summed E-state index contributed by atoms with van der Waals surface area (Å²) in [4.78, 5) is 43.4. The monoisotopic (exact) mass is 1530 g/mol. The molecule has 1 saturated carbocycles. The van der Waals surface area contributed by atoms with E-state index in [1.54, 1.807) is 49.2 Å². The Labute approximate surface area is 609 Å². The third-order valence-corrected chi connectivity index (χ3v) is 20.9. The van der Waals surface area contributed by atoms with Crippen molar-refractivity contribution < 1.29 is 38.0 Å². The Balaban J connectivity index is 0.000000173. The fraction of sp³-hybridized carbons (Fsp3) is 0.472. The van der Waals surface area contributed by atoms with E-state index in [1.165, 1.54) is 46.3 Å². The highest BCUT2D eigenvalue weighted by molar-refractivity contribution is 14.1. The quantitative estimate of drug-likeness (QED) is 0.0814. The fourth-order valence-electron chi connectivity index (χ4n) is 12.9. The van der Waals surface area contributed by atoms with Gasteiger partial charge >= 0.3 is 0 Å². The molecule has 4 aromatic heterocycles. The number of nitrogens with zero attached hydrogens (tertiary/aromatic N) is 10. The van der Waals surface area contributed by atoms with Gasteiger partial charge in [-0.15, -0.1) is 5.10 Å². The highest BCUT2D eigenvalue weighted by Crippen LogP contribution is 2.48. The standard InChI is InChI=1S/C31H34Cl2N6O4.C19H18Cl2IN3O3.C12H17N3O.C9H19N.CH4/c1-37-13-15-38(16-14-37)20-9-7-19(8-10-20)31(40)35-29-21-11-12-22(26-27(32)23(41-2)18-24(42-3)28(26)33)34-30(21)39(36-29)25-6-4-5-17-43-25;1-26-12-9-13(27-2)17(21)15(16(12)20)11-7-6-10-18(22)24-25(19(10)23-11)14-5-3-4-8-28-14;1-14-6-8-15(9-7-14)11-4-2-10(3-5-11)12(13)16;1-3-8-6-4-5-7-9(8)10-2;/h7-12,18,25H,4-6,13-17H2,1-3H3,(H,35,36,40);6-7,9,14H,3-5,8H2,1-2H3;2-5H,6-9H2,1H3,(H2,13,16);8-10H,3-7H2,1-2H3;1H4. The molecule has 1 aliphatic carbocycles. The number of amides is 2.